The molecule has 1 saturated carbocycles. The average molecular weight is 288 g/mol. The van der Waals surface area contributed by atoms with Crippen molar-refractivity contribution in [2.24, 2.45) is 0 Å². The fraction of sp³-hybridized carbons (Fsp3) is 0.429. The second kappa shape index (κ2) is 5.25. The van der Waals surface area contributed by atoms with Crippen LogP contribution in [0.5, 0.6) is 0 Å². The second-order valence-electron chi connectivity index (χ2n) is 5.45. The Balaban J connectivity index is 2.05. The van der Waals surface area contributed by atoms with Crippen molar-refractivity contribution in [3.63, 3.8) is 0 Å². The van der Waals surface area contributed by atoms with Gasteiger partial charge in [-0.15, -0.1) is 0 Å². The third-order valence-corrected chi connectivity index (χ3v) is 4.08. The van der Waals surface area contributed by atoms with Crippen LogP contribution in [0.4, 0.5) is 11.5 Å². The summed E-state index contributed by atoms with van der Waals surface area (Å²) in [7, 11) is 0. The third-order valence-electron chi connectivity index (χ3n) is 4.08. The van der Waals surface area contributed by atoms with E-state index in [4.69, 9.17) is 0 Å². The van der Waals surface area contributed by atoms with E-state index in [1.165, 1.54) is 18.5 Å². The minimum absolute atomic E-state index is 0.00446. The van der Waals surface area contributed by atoms with Gasteiger partial charge in [0.2, 0.25) is 0 Å². The maximum atomic E-state index is 10.9. The Morgan fingerprint density at radius 1 is 1.33 bits per heavy atom. The van der Waals surface area contributed by atoms with Gasteiger partial charge in [0.25, 0.3) is 5.69 Å². The smallest absolute Gasteiger partial charge is 0.270 e. The highest BCUT2D eigenvalue weighted by Gasteiger charge is 2.33. The van der Waals surface area contributed by atoms with Crippen molar-refractivity contribution < 1.29 is 10.0 Å². The van der Waals surface area contributed by atoms with Crippen LogP contribution < -0.4 is 5.32 Å². The summed E-state index contributed by atoms with van der Waals surface area (Å²) in [5.74, 6) is 0.541. The lowest BCUT2D eigenvalue weighted by Gasteiger charge is -2.29. The number of nitro benzene ring substituents is 1. The molecule has 1 aromatic carbocycles. The largest absolute Gasteiger partial charge is 0.394 e. The van der Waals surface area contributed by atoms with Crippen molar-refractivity contribution in [1.82, 2.24) is 9.97 Å². The van der Waals surface area contributed by atoms with Crippen molar-refractivity contribution >= 4 is 22.4 Å². The molecule has 1 fully saturated rings. The number of hydrogen-bond donors (Lipinski definition) is 2. The van der Waals surface area contributed by atoms with Gasteiger partial charge in [0.05, 0.1) is 22.6 Å². The van der Waals surface area contributed by atoms with E-state index in [0.29, 0.717) is 16.7 Å². The monoisotopic (exact) mass is 288 g/mol. The number of nitro groups is 1. The Hall–Kier alpha value is -2.28. The first-order valence-electron chi connectivity index (χ1n) is 6.92. The molecule has 7 nitrogen and oxygen atoms in total. The van der Waals surface area contributed by atoms with Gasteiger partial charge in [-0.25, -0.2) is 9.97 Å². The zero-order valence-electron chi connectivity index (χ0n) is 11.5. The van der Waals surface area contributed by atoms with E-state index in [9.17, 15) is 15.2 Å². The van der Waals surface area contributed by atoms with Gasteiger partial charge >= 0.3 is 0 Å². The Bertz CT molecular complexity index is 683. The van der Waals surface area contributed by atoms with Crippen molar-refractivity contribution in [3.8, 4) is 0 Å². The maximum Gasteiger partial charge on any atom is 0.270 e. The van der Waals surface area contributed by atoms with Crippen molar-refractivity contribution in [3.05, 3.63) is 34.6 Å². The Kier molecular flexibility index (Phi) is 3.42. The summed E-state index contributed by atoms with van der Waals surface area (Å²) < 4.78 is 0. The van der Waals surface area contributed by atoms with Crippen LogP contribution in [0.1, 0.15) is 25.7 Å². The number of fused-ring (bicyclic) bond motifs is 1. The highest BCUT2D eigenvalue weighted by Crippen LogP contribution is 2.34. The number of rotatable bonds is 4. The van der Waals surface area contributed by atoms with Crippen LogP contribution >= 0.6 is 0 Å². The number of anilines is 1. The van der Waals surface area contributed by atoms with Crippen LogP contribution in [0, 0.1) is 10.1 Å². The first kappa shape index (κ1) is 13.7. The molecular formula is C14H16N4O3. The Morgan fingerprint density at radius 2 is 2.10 bits per heavy atom. The van der Waals surface area contributed by atoms with Gasteiger partial charge in [-0.2, -0.15) is 0 Å². The number of benzene rings is 1. The molecule has 2 aromatic rings. The normalized spacial score (nSPS) is 17.0. The number of non-ortho nitro benzene ring substituents is 1. The maximum absolute atomic E-state index is 10.9. The first-order valence-corrected chi connectivity index (χ1v) is 6.92. The standard InChI is InChI=1S/C14H16N4O3/c19-8-14(5-1-2-6-14)17-13-11-7-10(18(20)21)3-4-12(11)15-9-16-13/h3-4,7,9,19H,1-2,5-6,8H2,(H,15,16,17). The minimum Gasteiger partial charge on any atom is -0.394 e. The molecule has 0 spiro atoms. The molecule has 0 saturated heterocycles. The summed E-state index contributed by atoms with van der Waals surface area (Å²) in [6.45, 7) is 0.0213. The summed E-state index contributed by atoms with van der Waals surface area (Å²) in [6.07, 6.45) is 5.26. The van der Waals surface area contributed by atoms with E-state index in [-0.39, 0.29) is 17.8 Å². The lowest BCUT2D eigenvalue weighted by molar-refractivity contribution is -0.384. The zero-order valence-corrected chi connectivity index (χ0v) is 11.5. The summed E-state index contributed by atoms with van der Waals surface area (Å²) in [6, 6.07) is 4.51. The van der Waals surface area contributed by atoms with Gasteiger partial charge in [-0.05, 0) is 18.9 Å². The predicted molar refractivity (Wildman–Crippen MR) is 78.1 cm³/mol. The van der Waals surface area contributed by atoms with Crippen LogP contribution in [0.3, 0.4) is 0 Å². The molecule has 1 aliphatic carbocycles. The van der Waals surface area contributed by atoms with E-state index in [2.05, 4.69) is 15.3 Å². The molecule has 110 valence electrons. The lowest BCUT2D eigenvalue weighted by atomic mass is 9.98. The second-order valence-corrected chi connectivity index (χ2v) is 5.45. The van der Waals surface area contributed by atoms with Crippen LogP contribution in [0.2, 0.25) is 0 Å². The van der Waals surface area contributed by atoms with Gasteiger partial charge in [0.1, 0.15) is 12.1 Å². The molecule has 1 aromatic heterocycles. The lowest BCUT2D eigenvalue weighted by Crippen LogP contribution is -2.39. The first-order chi connectivity index (χ1) is 10.1. The van der Waals surface area contributed by atoms with Gasteiger partial charge in [-0.3, -0.25) is 10.1 Å². The van der Waals surface area contributed by atoms with Crippen LogP contribution in [-0.2, 0) is 0 Å². The third kappa shape index (κ3) is 2.52. The number of nitrogens with one attached hydrogen (secondary N) is 1. The highest BCUT2D eigenvalue weighted by atomic mass is 16.6. The fourth-order valence-electron chi connectivity index (χ4n) is 2.88. The summed E-state index contributed by atoms with van der Waals surface area (Å²) >= 11 is 0. The Morgan fingerprint density at radius 3 is 2.76 bits per heavy atom. The summed E-state index contributed by atoms with van der Waals surface area (Å²) in [5.41, 5.74) is 0.264. The van der Waals surface area contributed by atoms with Crippen LogP contribution in [-0.4, -0.2) is 32.1 Å². The number of aliphatic hydroxyl groups excluding tert-OH is 1. The molecule has 0 aliphatic heterocycles. The van der Waals surface area contributed by atoms with Crippen molar-refractivity contribution in [2.75, 3.05) is 11.9 Å². The van der Waals surface area contributed by atoms with Crippen LogP contribution in [0.15, 0.2) is 24.5 Å². The molecule has 2 N–H and O–H groups in total. The molecular weight excluding hydrogens is 272 g/mol. The van der Waals surface area contributed by atoms with Gasteiger partial charge in [-0.1, -0.05) is 12.8 Å². The molecule has 1 heterocycles. The topological polar surface area (TPSA) is 101 Å². The molecule has 0 amide bonds. The molecule has 21 heavy (non-hydrogen) atoms. The minimum atomic E-state index is -0.437. The van der Waals surface area contributed by atoms with Gasteiger partial charge in [0.15, 0.2) is 0 Å². The molecule has 3 rings (SSSR count). The SMILES string of the molecule is O=[N+]([O-])c1ccc2ncnc(NC3(CO)CCCC3)c2c1. The van der Waals surface area contributed by atoms with E-state index in [0.717, 1.165) is 25.7 Å². The van der Waals surface area contributed by atoms with Crippen molar-refractivity contribution in [2.45, 2.75) is 31.2 Å². The van der Waals surface area contributed by atoms with E-state index in [1.807, 2.05) is 0 Å². The molecule has 0 radical (unpaired) electrons. The average Bonchev–Trinajstić information content (AvgIpc) is 2.96. The van der Waals surface area contributed by atoms with E-state index >= 15 is 0 Å². The molecule has 1 aliphatic rings. The predicted octanol–water partition coefficient (Wildman–Crippen LogP) is 2.25. The van der Waals surface area contributed by atoms with E-state index in [1.54, 1.807) is 6.07 Å². The zero-order chi connectivity index (χ0) is 14.9. The number of hydrogen-bond acceptors (Lipinski definition) is 6. The number of aromatic nitrogens is 2. The quantitative estimate of drug-likeness (QED) is 0.661. The van der Waals surface area contributed by atoms with Crippen molar-refractivity contribution in [1.29, 1.82) is 0 Å². The molecule has 7 heteroatoms. The number of aliphatic hydroxyl groups is 1. The fourth-order valence-corrected chi connectivity index (χ4v) is 2.88. The van der Waals surface area contributed by atoms with Crippen LogP contribution in [0.25, 0.3) is 10.9 Å². The summed E-state index contributed by atoms with van der Waals surface area (Å²) in [5, 5.41) is 24.5. The molecule has 0 bridgehead atoms. The summed E-state index contributed by atoms with van der Waals surface area (Å²) in [4.78, 5) is 18.8. The molecule has 0 atom stereocenters. The van der Waals surface area contributed by atoms with Gasteiger partial charge in [0, 0.05) is 17.5 Å². The Labute approximate surface area is 121 Å². The highest BCUT2D eigenvalue weighted by molar-refractivity contribution is 5.90. The molecule has 0 unspecified atom stereocenters. The van der Waals surface area contributed by atoms with Gasteiger partial charge < -0.3 is 10.4 Å². The number of nitrogens with zero attached hydrogens (tertiary/aromatic N) is 3. The van der Waals surface area contributed by atoms with E-state index < -0.39 is 4.92 Å².